The lowest BCUT2D eigenvalue weighted by Crippen LogP contribution is -2.42. The molecule has 1 aliphatic heterocycles. The number of rotatable bonds is 2. The molecule has 0 aromatic heterocycles. The van der Waals surface area contributed by atoms with E-state index in [2.05, 4.69) is 0 Å². The number of nitrogens with two attached hydrogens (primary N) is 1. The quantitative estimate of drug-likeness (QED) is 0.896. The molecule has 0 bridgehead atoms. The van der Waals surface area contributed by atoms with E-state index in [0.717, 1.165) is 25.9 Å². The van der Waals surface area contributed by atoms with Crippen LogP contribution in [-0.2, 0) is 0 Å². The molecule has 1 unspecified atom stereocenters. The molecule has 6 heteroatoms. The minimum atomic E-state index is 0. The second-order valence-corrected chi connectivity index (χ2v) is 5.93. The molecule has 1 fully saturated rings. The molecule has 2 rings (SSSR count). The van der Waals surface area contributed by atoms with Crippen molar-refractivity contribution in [2.45, 2.75) is 25.8 Å². The highest BCUT2D eigenvalue weighted by atomic mass is 35.5. The van der Waals surface area contributed by atoms with Gasteiger partial charge in [-0.15, -0.1) is 12.4 Å². The highest BCUT2D eigenvalue weighted by Crippen LogP contribution is 2.25. The Bertz CT molecular complexity index is 471. The number of likely N-dealkylation sites (tertiary alicyclic amines) is 1. The summed E-state index contributed by atoms with van der Waals surface area (Å²) in [4.78, 5) is 14.2. The maximum absolute atomic E-state index is 12.3. The Labute approximate surface area is 135 Å². The van der Waals surface area contributed by atoms with E-state index in [9.17, 15) is 4.79 Å². The Balaban J connectivity index is 0.00000200. The van der Waals surface area contributed by atoms with Gasteiger partial charge in [0.05, 0.1) is 10.0 Å². The third-order valence-electron chi connectivity index (χ3n) is 3.74. The first kappa shape index (κ1) is 17.6. The summed E-state index contributed by atoms with van der Waals surface area (Å²) in [6.07, 6.45) is 1.93. The molecule has 0 radical (unpaired) electrons. The molecule has 1 atom stereocenters. The Kier molecular flexibility index (Phi) is 6.59. The molecule has 20 heavy (non-hydrogen) atoms. The maximum Gasteiger partial charge on any atom is 0.253 e. The normalized spacial score (nSPS) is 17.5. The number of hydrogen-bond donors (Lipinski definition) is 1. The van der Waals surface area contributed by atoms with Crippen LogP contribution in [0.3, 0.4) is 0 Å². The summed E-state index contributed by atoms with van der Waals surface area (Å²) in [5.41, 5.74) is 6.49. The molecule has 112 valence electrons. The molecule has 2 N–H and O–H groups in total. The molecule has 1 aromatic rings. The fourth-order valence-corrected chi connectivity index (χ4v) is 2.74. The van der Waals surface area contributed by atoms with Crippen molar-refractivity contribution in [2.24, 2.45) is 11.7 Å². The van der Waals surface area contributed by atoms with Crippen molar-refractivity contribution >= 4 is 41.5 Å². The van der Waals surface area contributed by atoms with E-state index in [-0.39, 0.29) is 24.4 Å². The Morgan fingerprint density at radius 3 is 2.40 bits per heavy atom. The van der Waals surface area contributed by atoms with Crippen LogP contribution in [0.5, 0.6) is 0 Å². The molecule has 0 saturated carbocycles. The van der Waals surface area contributed by atoms with E-state index < -0.39 is 0 Å². The van der Waals surface area contributed by atoms with Gasteiger partial charge in [-0.25, -0.2) is 0 Å². The minimum absolute atomic E-state index is 0. The third kappa shape index (κ3) is 4.01. The molecule has 0 spiro atoms. The molecular weight excluding hydrogens is 319 g/mol. The van der Waals surface area contributed by atoms with Crippen LogP contribution < -0.4 is 5.73 Å². The zero-order valence-electron chi connectivity index (χ0n) is 11.3. The Morgan fingerprint density at radius 2 is 1.90 bits per heavy atom. The van der Waals surface area contributed by atoms with Gasteiger partial charge in [-0.2, -0.15) is 0 Å². The van der Waals surface area contributed by atoms with Crippen LogP contribution in [0, 0.1) is 5.92 Å². The first-order valence-electron chi connectivity index (χ1n) is 6.49. The number of nitrogens with zero attached hydrogens (tertiary/aromatic N) is 1. The van der Waals surface area contributed by atoms with Crippen molar-refractivity contribution in [2.75, 3.05) is 13.1 Å². The van der Waals surface area contributed by atoms with Gasteiger partial charge in [0.1, 0.15) is 0 Å². The summed E-state index contributed by atoms with van der Waals surface area (Å²) in [6, 6.07) is 5.20. The van der Waals surface area contributed by atoms with Crippen LogP contribution in [0.25, 0.3) is 0 Å². The zero-order valence-corrected chi connectivity index (χ0v) is 13.6. The number of carbonyl (C=O) groups is 1. The molecular formula is C14H19Cl3N2O. The topological polar surface area (TPSA) is 46.3 Å². The SMILES string of the molecule is CC(N)C1CCN(C(=O)c2ccc(Cl)c(Cl)c2)CC1.Cl. The van der Waals surface area contributed by atoms with Crippen LogP contribution in [0.2, 0.25) is 10.0 Å². The third-order valence-corrected chi connectivity index (χ3v) is 4.48. The molecule has 1 heterocycles. The van der Waals surface area contributed by atoms with Gasteiger partial charge in [-0.3, -0.25) is 4.79 Å². The Morgan fingerprint density at radius 1 is 1.30 bits per heavy atom. The summed E-state index contributed by atoms with van der Waals surface area (Å²) >= 11 is 11.8. The van der Waals surface area contributed by atoms with Gasteiger partial charge >= 0.3 is 0 Å². The van der Waals surface area contributed by atoms with Gasteiger partial charge in [0.25, 0.3) is 5.91 Å². The lowest BCUT2D eigenvalue weighted by atomic mass is 9.90. The second kappa shape index (κ2) is 7.51. The van der Waals surface area contributed by atoms with Crippen LogP contribution in [0.15, 0.2) is 18.2 Å². The molecule has 3 nitrogen and oxygen atoms in total. The summed E-state index contributed by atoms with van der Waals surface area (Å²) in [5.74, 6) is 0.527. The summed E-state index contributed by atoms with van der Waals surface area (Å²) in [5, 5.41) is 0.881. The number of benzene rings is 1. The van der Waals surface area contributed by atoms with E-state index in [1.165, 1.54) is 0 Å². The number of piperidine rings is 1. The summed E-state index contributed by atoms with van der Waals surface area (Å²) in [6.45, 7) is 3.54. The lowest BCUT2D eigenvalue weighted by Gasteiger charge is -2.33. The number of carbonyl (C=O) groups excluding carboxylic acids is 1. The van der Waals surface area contributed by atoms with Crippen molar-refractivity contribution < 1.29 is 4.79 Å². The van der Waals surface area contributed by atoms with E-state index in [1.54, 1.807) is 18.2 Å². The average Bonchev–Trinajstić information content (AvgIpc) is 2.41. The highest BCUT2D eigenvalue weighted by molar-refractivity contribution is 6.42. The van der Waals surface area contributed by atoms with E-state index in [1.807, 2.05) is 11.8 Å². The monoisotopic (exact) mass is 336 g/mol. The van der Waals surface area contributed by atoms with E-state index >= 15 is 0 Å². The van der Waals surface area contributed by atoms with Gasteiger partial charge in [0.15, 0.2) is 0 Å². The van der Waals surface area contributed by atoms with Crippen molar-refractivity contribution in [3.05, 3.63) is 33.8 Å². The van der Waals surface area contributed by atoms with Gasteiger partial charge in [-0.05, 0) is 43.9 Å². The second-order valence-electron chi connectivity index (χ2n) is 5.12. The summed E-state index contributed by atoms with van der Waals surface area (Å²) < 4.78 is 0. The zero-order chi connectivity index (χ0) is 14.0. The Hall–Kier alpha value is -0.480. The van der Waals surface area contributed by atoms with Crippen LogP contribution in [-0.4, -0.2) is 29.9 Å². The first-order valence-corrected chi connectivity index (χ1v) is 7.24. The summed E-state index contributed by atoms with van der Waals surface area (Å²) in [7, 11) is 0. The fourth-order valence-electron chi connectivity index (χ4n) is 2.44. The van der Waals surface area contributed by atoms with Crippen LogP contribution in [0.1, 0.15) is 30.1 Å². The maximum atomic E-state index is 12.3. The van der Waals surface area contributed by atoms with Gasteiger partial charge in [0.2, 0.25) is 0 Å². The largest absolute Gasteiger partial charge is 0.339 e. The molecule has 0 aliphatic carbocycles. The first-order chi connectivity index (χ1) is 8.99. The smallest absolute Gasteiger partial charge is 0.253 e. The highest BCUT2D eigenvalue weighted by Gasteiger charge is 2.25. The van der Waals surface area contributed by atoms with Crippen molar-refractivity contribution in [3.63, 3.8) is 0 Å². The van der Waals surface area contributed by atoms with Gasteiger partial charge in [0, 0.05) is 24.7 Å². The van der Waals surface area contributed by atoms with Crippen molar-refractivity contribution in [1.29, 1.82) is 0 Å². The van der Waals surface area contributed by atoms with Gasteiger partial charge < -0.3 is 10.6 Å². The van der Waals surface area contributed by atoms with E-state index in [4.69, 9.17) is 28.9 Å². The lowest BCUT2D eigenvalue weighted by molar-refractivity contribution is 0.0681. The van der Waals surface area contributed by atoms with Crippen LogP contribution >= 0.6 is 35.6 Å². The number of hydrogen-bond acceptors (Lipinski definition) is 2. The predicted octanol–water partition coefficient (Wildman–Crippen LogP) is 3.61. The fraction of sp³-hybridized carbons (Fsp3) is 0.500. The average molecular weight is 338 g/mol. The molecule has 1 aliphatic rings. The molecule has 1 amide bonds. The molecule has 1 saturated heterocycles. The standard InChI is InChI=1S/C14H18Cl2N2O.ClH/c1-9(17)10-4-6-18(7-5-10)14(19)11-2-3-12(15)13(16)8-11;/h2-3,8-10H,4-7,17H2,1H3;1H. The van der Waals surface area contributed by atoms with Gasteiger partial charge in [-0.1, -0.05) is 23.2 Å². The predicted molar refractivity (Wildman–Crippen MR) is 86.0 cm³/mol. The number of amides is 1. The minimum Gasteiger partial charge on any atom is -0.339 e. The van der Waals surface area contributed by atoms with Crippen molar-refractivity contribution in [1.82, 2.24) is 4.90 Å². The molecule has 1 aromatic carbocycles. The van der Waals surface area contributed by atoms with E-state index in [0.29, 0.717) is 21.5 Å². The number of halogens is 3. The van der Waals surface area contributed by atoms with Crippen LogP contribution in [0.4, 0.5) is 0 Å². The van der Waals surface area contributed by atoms with Crippen molar-refractivity contribution in [3.8, 4) is 0 Å².